The number of rotatable bonds is 6. The summed E-state index contributed by atoms with van der Waals surface area (Å²) < 4.78 is 27.0. The average Bonchev–Trinajstić information content (AvgIpc) is 3.05. The molecular weight excluding hydrogens is 334 g/mol. The second kappa shape index (κ2) is 5.60. The Balaban J connectivity index is 1.88. The summed E-state index contributed by atoms with van der Waals surface area (Å²) in [5, 5.41) is 8.74. The first-order chi connectivity index (χ1) is 8.87. The topological polar surface area (TPSA) is 83.5 Å². The molecule has 5 nitrogen and oxygen atoms in total. The normalized spacial score (nSPS) is 22.2. The zero-order valence-electron chi connectivity index (χ0n) is 10.0. The lowest BCUT2D eigenvalue weighted by Gasteiger charge is -2.06. The zero-order valence-corrected chi connectivity index (χ0v) is 12.4. The molecule has 7 heteroatoms. The van der Waals surface area contributed by atoms with Crippen molar-refractivity contribution in [3.8, 4) is 0 Å². The number of halogens is 1. The minimum Gasteiger partial charge on any atom is -0.481 e. The van der Waals surface area contributed by atoms with Crippen molar-refractivity contribution >= 4 is 31.9 Å². The molecule has 2 atom stereocenters. The fourth-order valence-electron chi connectivity index (χ4n) is 1.91. The van der Waals surface area contributed by atoms with Crippen LogP contribution in [0.4, 0.5) is 0 Å². The second-order valence-corrected chi connectivity index (χ2v) is 7.40. The van der Waals surface area contributed by atoms with E-state index in [0.717, 1.165) is 4.47 Å². The highest BCUT2D eigenvalue weighted by Crippen LogP contribution is 2.37. The first-order valence-electron chi connectivity index (χ1n) is 5.82. The molecule has 1 aliphatic rings. The molecule has 2 N–H and O–H groups in total. The maximum absolute atomic E-state index is 11.8. The van der Waals surface area contributed by atoms with E-state index in [1.807, 2.05) is 6.07 Å². The molecule has 0 bridgehead atoms. The standard InChI is InChI=1S/C12H14BrNO4S/c13-10-3-1-2-8(4-10)7-19(17,18)14-6-9-5-11(9)12(15)16/h1-4,9,11,14H,5-7H2,(H,15,16)/t9-,11-/m1/s1. The van der Waals surface area contributed by atoms with Crippen molar-refractivity contribution in [2.45, 2.75) is 12.2 Å². The molecule has 0 saturated heterocycles. The van der Waals surface area contributed by atoms with Crippen molar-refractivity contribution in [1.82, 2.24) is 4.72 Å². The van der Waals surface area contributed by atoms with Crippen molar-refractivity contribution in [3.05, 3.63) is 34.3 Å². The van der Waals surface area contributed by atoms with Crippen molar-refractivity contribution < 1.29 is 18.3 Å². The van der Waals surface area contributed by atoms with Gasteiger partial charge >= 0.3 is 5.97 Å². The van der Waals surface area contributed by atoms with Crippen molar-refractivity contribution in [2.75, 3.05) is 6.54 Å². The molecule has 0 heterocycles. The van der Waals surface area contributed by atoms with E-state index < -0.39 is 21.9 Å². The third-order valence-electron chi connectivity index (χ3n) is 3.05. The lowest BCUT2D eigenvalue weighted by molar-refractivity contribution is -0.138. The lowest BCUT2D eigenvalue weighted by atomic mass is 10.2. The molecule has 19 heavy (non-hydrogen) atoms. The summed E-state index contributed by atoms with van der Waals surface area (Å²) in [5.41, 5.74) is 0.687. The predicted molar refractivity (Wildman–Crippen MR) is 74.0 cm³/mol. The Hall–Kier alpha value is -0.920. The Morgan fingerprint density at radius 3 is 2.79 bits per heavy atom. The van der Waals surface area contributed by atoms with E-state index in [0.29, 0.717) is 12.0 Å². The molecule has 1 aromatic rings. The summed E-state index contributed by atoms with van der Waals surface area (Å²) in [6.45, 7) is 0.202. The molecule has 0 aromatic heterocycles. The Morgan fingerprint density at radius 2 is 2.21 bits per heavy atom. The van der Waals surface area contributed by atoms with Crippen molar-refractivity contribution in [1.29, 1.82) is 0 Å². The number of sulfonamides is 1. The van der Waals surface area contributed by atoms with Gasteiger partial charge in [-0.1, -0.05) is 28.1 Å². The molecule has 1 fully saturated rings. The van der Waals surface area contributed by atoms with Gasteiger partial charge in [-0.05, 0) is 30.0 Å². The molecule has 0 radical (unpaired) electrons. The number of carboxylic acid groups (broad SMARTS) is 1. The average molecular weight is 348 g/mol. The van der Waals surface area contributed by atoms with Crippen LogP contribution in [0.1, 0.15) is 12.0 Å². The predicted octanol–water partition coefficient (Wildman–Crippen LogP) is 1.59. The van der Waals surface area contributed by atoms with Gasteiger partial charge < -0.3 is 5.11 Å². The molecule has 0 aliphatic heterocycles. The summed E-state index contributed by atoms with van der Waals surface area (Å²) in [5.74, 6) is -1.42. The second-order valence-electron chi connectivity index (χ2n) is 4.68. The van der Waals surface area contributed by atoms with Gasteiger partial charge in [0.2, 0.25) is 10.0 Å². The van der Waals surface area contributed by atoms with Crippen LogP contribution in [0.15, 0.2) is 28.7 Å². The number of nitrogens with one attached hydrogen (secondary N) is 1. The largest absolute Gasteiger partial charge is 0.481 e. The van der Waals surface area contributed by atoms with Crippen LogP contribution in [0.3, 0.4) is 0 Å². The molecule has 0 spiro atoms. The van der Waals surface area contributed by atoms with Gasteiger partial charge in [0.15, 0.2) is 0 Å². The van der Waals surface area contributed by atoms with E-state index in [4.69, 9.17) is 5.11 Å². The number of aliphatic carboxylic acids is 1. The van der Waals surface area contributed by atoms with Gasteiger partial charge in [-0.25, -0.2) is 13.1 Å². The van der Waals surface area contributed by atoms with Gasteiger partial charge in [0.1, 0.15) is 0 Å². The van der Waals surface area contributed by atoms with Gasteiger partial charge in [-0.15, -0.1) is 0 Å². The minimum absolute atomic E-state index is 0.0743. The monoisotopic (exact) mass is 347 g/mol. The summed E-state index contributed by atoms with van der Waals surface area (Å²) in [4.78, 5) is 10.6. The summed E-state index contributed by atoms with van der Waals surface area (Å²) in [6.07, 6.45) is 0.550. The van der Waals surface area contributed by atoms with E-state index in [2.05, 4.69) is 20.7 Å². The Kier molecular flexibility index (Phi) is 4.27. The van der Waals surface area contributed by atoms with Gasteiger partial charge in [0.25, 0.3) is 0 Å². The maximum Gasteiger partial charge on any atom is 0.306 e. The van der Waals surface area contributed by atoms with Crippen LogP contribution in [0.25, 0.3) is 0 Å². The molecule has 1 aliphatic carbocycles. The first-order valence-corrected chi connectivity index (χ1v) is 8.26. The molecule has 1 aromatic carbocycles. The molecule has 1 saturated carbocycles. The van der Waals surface area contributed by atoms with Crippen LogP contribution in [-0.4, -0.2) is 26.0 Å². The highest BCUT2D eigenvalue weighted by Gasteiger charge is 2.43. The Labute approximate surface area is 120 Å². The van der Waals surface area contributed by atoms with Crippen LogP contribution in [0, 0.1) is 11.8 Å². The van der Waals surface area contributed by atoms with Crippen molar-refractivity contribution in [3.63, 3.8) is 0 Å². The van der Waals surface area contributed by atoms with E-state index in [1.54, 1.807) is 18.2 Å². The Morgan fingerprint density at radius 1 is 1.47 bits per heavy atom. The van der Waals surface area contributed by atoms with Gasteiger partial charge in [-0.3, -0.25) is 4.79 Å². The number of hydrogen-bond donors (Lipinski definition) is 2. The fraction of sp³-hybridized carbons (Fsp3) is 0.417. The summed E-state index contributed by atoms with van der Waals surface area (Å²) in [7, 11) is -3.42. The maximum atomic E-state index is 11.8. The third-order valence-corrected chi connectivity index (χ3v) is 4.86. The van der Waals surface area contributed by atoms with Gasteiger partial charge in [0.05, 0.1) is 11.7 Å². The van der Waals surface area contributed by atoms with Crippen molar-refractivity contribution in [2.24, 2.45) is 11.8 Å². The van der Waals surface area contributed by atoms with Gasteiger partial charge in [0, 0.05) is 11.0 Å². The van der Waals surface area contributed by atoms with E-state index in [1.165, 1.54) is 0 Å². The molecule has 104 valence electrons. The van der Waals surface area contributed by atoms with Gasteiger partial charge in [-0.2, -0.15) is 0 Å². The smallest absolute Gasteiger partial charge is 0.306 e. The molecule has 0 amide bonds. The number of carbonyl (C=O) groups is 1. The minimum atomic E-state index is -3.42. The van der Waals surface area contributed by atoms with Crippen LogP contribution >= 0.6 is 15.9 Å². The number of carboxylic acids is 1. The Bertz CT molecular complexity index is 587. The van der Waals surface area contributed by atoms with Crippen LogP contribution < -0.4 is 4.72 Å². The lowest BCUT2D eigenvalue weighted by Crippen LogP contribution is -2.28. The molecule has 2 rings (SSSR count). The fourth-order valence-corrected chi connectivity index (χ4v) is 3.54. The van der Waals surface area contributed by atoms with E-state index in [9.17, 15) is 13.2 Å². The van der Waals surface area contributed by atoms with Crippen LogP contribution in [0.2, 0.25) is 0 Å². The zero-order chi connectivity index (χ0) is 14.0. The van der Waals surface area contributed by atoms with Crippen LogP contribution in [-0.2, 0) is 20.6 Å². The third kappa shape index (κ3) is 4.29. The summed E-state index contributed by atoms with van der Waals surface area (Å²) in [6, 6.07) is 7.08. The molecule has 0 unspecified atom stereocenters. The van der Waals surface area contributed by atoms with Crippen LogP contribution in [0.5, 0.6) is 0 Å². The van der Waals surface area contributed by atoms with E-state index >= 15 is 0 Å². The summed E-state index contributed by atoms with van der Waals surface area (Å²) >= 11 is 3.29. The highest BCUT2D eigenvalue weighted by molar-refractivity contribution is 9.10. The SMILES string of the molecule is O=C(O)[C@@H]1C[C@@H]1CNS(=O)(=O)Cc1cccc(Br)c1. The molecular formula is C12H14BrNO4S. The number of hydrogen-bond acceptors (Lipinski definition) is 3. The quantitative estimate of drug-likeness (QED) is 0.818. The van der Waals surface area contributed by atoms with E-state index in [-0.39, 0.29) is 18.2 Å². The first kappa shape index (κ1) is 14.5. The number of benzene rings is 1. The highest BCUT2D eigenvalue weighted by atomic mass is 79.9.